The molecule has 2 rings (SSSR count). The summed E-state index contributed by atoms with van der Waals surface area (Å²) in [6, 6.07) is 16.6. The van der Waals surface area contributed by atoms with E-state index in [9.17, 15) is 9.90 Å². The van der Waals surface area contributed by atoms with Gasteiger partial charge in [0.05, 0.1) is 25.3 Å². The Labute approximate surface area is 149 Å². The average Bonchev–Trinajstić information content (AvgIpc) is 2.62. The van der Waals surface area contributed by atoms with Gasteiger partial charge in [0.25, 0.3) is 0 Å². The van der Waals surface area contributed by atoms with Crippen molar-refractivity contribution >= 4 is 6.03 Å². The molecule has 2 unspecified atom stereocenters. The van der Waals surface area contributed by atoms with Crippen molar-refractivity contribution in [3.05, 3.63) is 65.7 Å². The summed E-state index contributed by atoms with van der Waals surface area (Å²) in [5.41, 5.74) is 2.03. The molecule has 0 spiro atoms. The van der Waals surface area contributed by atoms with Crippen LogP contribution in [0.2, 0.25) is 0 Å². The summed E-state index contributed by atoms with van der Waals surface area (Å²) < 4.78 is 5.49. The molecule has 0 aliphatic carbocycles. The van der Waals surface area contributed by atoms with Crippen LogP contribution in [0.5, 0.6) is 5.75 Å². The molecule has 0 radical (unpaired) electrons. The first-order valence-electron chi connectivity index (χ1n) is 8.57. The van der Waals surface area contributed by atoms with Crippen LogP contribution in [-0.4, -0.2) is 30.4 Å². The van der Waals surface area contributed by atoms with Crippen LogP contribution in [0, 0.1) is 0 Å². The fraction of sp³-hybridized carbons (Fsp3) is 0.350. The predicted molar refractivity (Wildman–Crippen MR) is 98.7 cm³/mol. The van der Waals surface area contributed by atoms with E-state index in [0.717, 1.165) is 16.9 Å². The molecule has 25 heavy (non-hydrogen) atoms. The van der Waals surface area contributed by atoms with E-state index in [1.807, 2.05) is 68.4 Å². The average molecular weight is 342 g/mol. The van der Waals surface area contributed by atoms with E-state index in [1.54, 1.807) is 0 Å². The van der Waals surface area contributed by atoms with Crippen molar-refractivity contribution in [1.29, 1.82) is 0 Å². The molecule has 0 bridgehead atoms. The number of carbonyl (C=O) groups is 1. The lowest BCUT2D eigenvalue weighted by Crippen LogP contribution is -2.45. The van der Waals surface area contributed by atoms with E-state index in [0.29, 0.717) is 13.0 Å². The number of benzene rings is 2. The van der Waals surface area contributed by atoms with E-state index < -0.39 is 0 Å². The number of rotatable bonds is 8. The minimum absolute atomic E-state index is 0.115. The van der Waals surface area contributed by atoms with Gasteiger partial charge in [-0.25, -0.2) is 4.79 Å². The summed E-state index contributed by atoms with van der Waals surface area (Å²) in [5.74, 6) is 0.784. The molecule has 0 aromatic heterocycles. The number of nitrogens with one attached hydrogen (secondary N) is 2. The third-order valence-electron chi connectivity index (χ3n) is 3.90. The highest BCUT2D eigenvalue weighted by atomic mass is 16.5. The second-order valence-corrected chi connectivity index (χ2v) is 5.91. The molecule has 0 fully saturated rings. The van der Waals surface area contributed by atoms with Gasteiger partial charge in [-0.3, -0.25) is 0 Å². The number of urea groups is 1. The first-order chi connectivity index (χ1) is 12.1. The Kier molecular flexibility index (Phi) is 7.29. The molecule has 5 nitrogen and oxygen atoms in total. The van der Waals surface area contributed by atoms with Gasteiger partial charge in [-0.2, -0.15) is 0 Å². The zero-order valence-electron chi connectivity index (χ0n) is 14.7. The molecule has 134 valence electrons. The Balaban J connectivity index is 1.90. The zero-order chi connectivity index (χ0) is 18.1. The van der Waals surface area contributed by atoms with Crippen LogP contribution >= 0.6 is 0 Å². The second-order valence-electron chi connectivity index (χ2n) is 5.91. The minimum atomic E-state index is -0.329. The zero-order valence-corrected chi connectivity index (χ0v) is 14.7. The van der Waals surface area contributed by atoms with Crippen LogP contribution < -0.4 is 15.4 Å². The molecule has 3 N–H and O–H groups in total. The molecule has 0 saturated carbocycles. The highest BCUT2D eigenvalue weighted by Gasteiger charge is 2.15. The second kappa shape index (κ2) is 9.69. The monoisotopic (exact) mass is 342 g/mol. The first-order valence-corrected chi connectivity index (χ1v) is 8.57. The number of hydrogen-bond donors (Lipinski definition) is 3. The first kappa shape index (κ1) is 18.8. The maximum Gasteiger partial charge on any atom is 0.315 e. The van der Waals surface area contributed by atoms with Gasteiger partial charge in [0.1, 0.15) is 5.75 Å². The topological polar surface area (TPSA) is 70.6 Å². The number of carbonyl (C=O) groups excluding carboxylic acids is 1. The molecule has 0 heterocycles. The highest BCUT2D eigenvalue weighted by Crippen LogP contribution is 2.19. The van der Waals surface area contributed by atoms with E-state index in [1.165, 1.54) is 0 Å². The Hall–Kier alpha value is -2.53. The van der Waals surface area contributed by atoms with Gasteiger partial charge in [0.15, 0.2) is 0 Å². The van der Waals surface area contributed by atoms with Crippen LogP contribution in [0.25, 0.3) is 0 Å². The molecule has 0 aliphatic heterocycles. The summed E-state index contributed by atoms with van der Waals surface area (Å²) in [7, 11) is 0. The van der Waals surface area contributed by atoms with E-state index in [2.05, 4.69) is 10.6 Å². The van der Waals surface area contributed by atoms with Crippen molar-refractivity contribution in [2.45, 2.75) is 32.4 Å². The number of aliphatic hydroxyl groups excluding tert-OH is 1. The Morgan fingerprint density at radius 1 is 1.12 bits per heavy atom. The van der Waals surface area contributed by atoms with E-state index >= 15 is 0 Å². The van der Waals surface area contributed by atoms with Gasteiger partial charge < -0.3 is 20.5 Å². The third kappa shape index (κ3) is 6.12. The number of aliphatic hydroxyl groups is 1. The summed E-state index contributed by atoms with van der Waals surface area (Å²) in [5, 5.41) is 15.2. The Morgan fingerprint density at radius 2 is 1.88 bits per heavy atom. The molecule has 2 aromatic carbocycles. The number of amides is 2. The standard InChI is InChI=1S/C20H26N2O3/c1-3-25-19-11-7-10-17(13-19)15(2)21-20(24)22-18(14-23)12-16-8-5-4-6-9-16/h4-11,13,15,18,23H,3,12,14H2,1-2H3,(H2,21,22,24). The number of hydrogen-bond acceptors (Lipinski definition) is 3. The third-order valence-corrected chi connectivity index (χ3v) is 3.90. The lowest BCUT2D eigenvalue weighted by Gasteiger charge is -2.20. The van der Waals surface area contributed by atoms with Gasteiger partial charge in [-0.15, -0.1) is 0 Å². The van der Waals surface area contributed by atoms with Crippen molar-refractivity contribution in [1.82, 2.24) is 10.6 Å². The van der Waals surface area contributed by atoms with Gasteiger partial charge in [0, 0.05) is 0 Å². The van der Waals surface area contributed by atoms with Gasteiger partial charge in [-0.05, 0) is 43.5 Å². The molecule has 2 amide bonds. The van der Waals surface area contributed by atoms with Gasteiger partial charge in [0.2, 0.25) is 0 Å². The van der Waals surface area contributed by atoms with Crippen LogP contribution in [0.4, 0.5) is 4.79 Å². The minimum Gasteiger partial charge on any atom is -0.494 e. The van der Waals surface area contributed by atoms with E-state index in [4.69, 9.17) is 4.74 Å². The molecule has 5 heteroatoms. The largest absolute Gasteiger partial charge is 0.494 e. The number of ether oxygens (including phenoxy) is 1. The molecule has 0 aliphatic rings. The summed E-state index contributed by atoms with van der Waals surface area (Å²) in [4.78, 5) is 12.2. The SMILES string of the molecule is CCOc1cccc(C(C)NC(=O)NC(CO)Cc2ccccc2)c1. The van der Waals surface area contributed by atoms with Crippen molar-refractivity contribution < 1.29 is 14.6 Å². The van der Waals surface area contributed by atoms with Crippen molar-refractivity contribution in [2.75, 3.05) is 13.2 Å². The Bertz CT molecular complexity index is 661. The van der Waals surface area contributed by atoms with Crippen LogP contribution in [-0.2, 0) is 6.42 Å². The van der Waals surface area contributed by atoms with Crippen molar-refractivity contribution in [3.63, 3.8) is 0 Å². The molecule has 0 saturated heterocycles. The Morgan fingerprint density at radius 3 is 2.56 bits per heavy atom. The molecule has 2 aromatic rings. The maximum atomic E-state index is 12.2. The fourth-order valence-corrected chi connectivity index (χ4v) is 2.61. The molecule has 2 atom stereocenters. The summed E-state index contributed by atoms with van der Waals surface area (Å²) >= 11 is 0. The normalized spacial score (nSPS) is 12.9. The van der Waals surface area contributed by atoms with E-state index in [-0.39, 0.29) is 24.7 Å². The summed E-state index contributed by atoms with van der Waals surface area (Å²) in [6.45, 7) is 4.33. The smallest absolute Gasteiger partial charge is 0.315 e. The van der Waals surface area contributed by atoms with Crippen molar-refractivity contribution in [2.24, 2.45) is 0 Å². The van der Waals surface area contributed by atoms with Gasteiger partial charge in [-0.1, -0.05) is 42.5 Å². The van der Waals surface area contributed by atoms with Crippen LogP contribution in [0.1, 0.15) is 31.0 Å². The van der Waals surface area contributed by atoms with Crippen molar-refractivity contribution in [3.8, 4) is 5.75 Å². The van der Waals surface area contributed by atoms with Gasteiger partial charge >= 0.3 is 6.03 Å². The highest BCUT2D eigenvalue weighted by molar-refractivity contribution is 5.74. The lowest BCUT2D eigenvalue weighted by atomic mass is 10.1. The molecular formula is C20H26N2O3. The van der Waals surface area contributed by atoms with Crippen LogP contribution in [0.15, 0.2) is 54.6 Å². The fourth-order valence-electron chi connectivity index (χ4n) is 2.61. The predicted octanol–water partition coefficient (Wildman–Crippen LogP) is 3.05. The quantitative estimate of drug-likeness (QED) is 0.690. The lowest BCUT2D eigenvalue weighted by molar-refractivity contribution is 0.213. The van der Waals surface area contributed by atoms with Crippen LogP contribution in [0.3, 0.4) is 0 Å². The summed E-state index contributed by atoms with van der Waals surface area (Å²) in [6.07, 6.45) is 0.582. The maximum absolute atomic E-state index is 12.2. The molecular weight excluding hydrogens is 316 g/mol.